The van der Waals surface area contributed by atoms with E-state index in [0.29, 0.717) is 0 Å². The average Bonchev–Trinajstić information content (AvgIpc) is 2.47. The molecule has 0 fully saturated rings. The van der Waals surface area contributed by atoms with Crippen LogP contribution in [0.1, 0.15) is 26.5 Å². The lowest BCUT2D eigenvalue weighted by atomic mass is 9.92. The molecule has 80 valence electrons. The third-order valence-electron chi connectivity index (χ3n) is 2.55. The molecule has 2 nitrogen and oxygen atoms in total. The number of H-pyrrole nitrogens is 1. The fourth-order valence-electron chi connectivity index (χ4n) is 1.58. The molecular weight excluding hydrogens is 252 g/mol. The van der Waals surface area contributed by atoms with E-state index < -0.39 is 0 Å². The van der Waals surface area contributed by atoms with Crippen LogP contribution in [0.2, 0.25) is 0 Å². The summed E-state index contributed by atoms with van der Waals surface area (Å²) in [5.41, 5.74) is 9.12. The van der Waals surface area contributed by atoms with Gasteiger partial charge in [-0.3, -0.25) is 0 Å². The molecule has 0 saturated heterocycles. The highest BCUT2D eigenvalue weighted by Crippen LogP contribution is 2.30. The Morgan fingerprint density at radius 1 is 1.20 bits per heavy atom. The van der Waals surface area contributed by atoms with Crippen LogP contribution in [-0.4, -0.2) is 4.98 Å². The summed E-state index contributed by atoms with van der Waals surface area (Å²) in [6.07, 6.45) is 0. The second-order valence-electron chi connectivity index (χ2n) is 4.89. The molecule has 1 heterocycles. The van der Waals surface area contributed by atoms with Crippen LogP contribution in [0.5, 0.6) is 0 Å². The van der Waals surface area contributed by atoms with Gasteiger partial charge in [0.2, 0.25) is 0 Å². The highest BCUT2D eigenvalue weighted by molar-refractivity contribution is 9.10. The number of rotatable bonds is 0. The van der Waals surface area contributed by atoms with Gasteiger partial charge in [0.25, 0.3) is 0 Å². The summed E-state index contributed by atoms with van der Waals surface area (Å²) in [7, 11) is 0. The predicted molar refractivity (Wildman–Crippen MR) is 69.1 cm³/mol. The first-order valence-electron chi connectivity index (χ1n) is 4.96. The number of hydrogen-bond acceptors (Lipinski definition) is 1. The Morgan fingerprint density at radius 2 is 1.87 bits per heavy atom. The van der Waals surface area contributed by atoms with Gasteiger partial charge in [-0.05, 0) is 34.1 Å². The van der Waals surface area contributed by atoms with E-state index in [9.17, 15) is 0 Å². The third-order valence-corrected chi connectivity index (χ3v) is 3.23. The van der Waals surface area contributed by atoms with Gasteiger partial charge in [-0.15, -0.1) is 0 Å². The number of aromatic nitrogens is 1. The summed E-state index contributed by atoms with van der Waals surface area (Å²) in [4.78, 5) is 3.42. The fourth-order valence-corrected chi connectivity index (χ4v) is 1.92. The molecule has 3 heteroatoms. The van der Waals surface area contributed by atoms with E-state index in [4.69, 9.17) is 5.73 Å². The highest BCUT2D eigenvalue weighted by Gasteiger charge is 2.16. The Kier molecular flexibility index (Phi) is 2.30. The number of nitrogen functional groups attached to an aromatic ring is 1. The molecule has 2 aromatic rings. The van der Waals surface area contributed by atoms with Crippen molar-refractivity contribution in [3.63, 3.8) is 0 Å². The van der Waals surface area contributed by atoms with E-state index in [2.05, 4.69) is 47.8 Å². The van der Waals surface area contributed by atoms with Crippen LogP contribution in [0.15, 0.2) is 22.7 Å². The summed E-state index contributed by atoms with van der Waals surface area (Å²) in [6, 6.07) is 6.18. The molecule has 3 N–H and O–H groups in total. The fraction of sp³-hybridized carbons (Fsp3) is 0.333. The molecular formula is C12H15BrN2. The van der Waals surface area contributed by atoms with Gasteiger partial charge in [-0.2, -0.15) is 0 Å². The molecule has 15 heavy (non-hydrogen) atoms. The van der Waals surface area contributed by atoms with Gasteiger partial charge < -0.3 is 10.7 Å². The lowest BCUT2D eigenvalue weighted by Gasteiger charge is -2.15. The number of nitrogens with one attached hydrogen (secondary N) is 1. The smallest absolute Gasteiger partial charge is 0.0469 e. The molecule has 2 rings (SSSR count). The van der Waals surface area contributed by atoms with Crippen molar-refractivity contribution >= 4 is 32.5 Å². The highest BCUT2D eigenvalue weighted by atomic mass is 79.9. The zero-order valence-electron chi connectivity index (χ0n) is 9.19. The lowest BCUT2D eigenvalue weighted by Crippen LogP contribution is -2.10. The van der Waals surface area contributed by atoms with Crippen molar-refractivity contribution in [1.82, 2.24) is 4.98 Å². The number of aromatic amines is 1. The minimum absolute atomic E-state index is 0.139. The van der Waals surface area contributed by atoms with Crippen LogP contribution in [-0.2, 0) is 5.41 Å². The van der Waals surface area contributed by atoms with Crippen LogP contribution in [0.25, 0.3) is 10.9 Å². The summed E-state index contributed by atoms with van der Waals surface area (Å²) >= 11 is 3.43. The summed E-state index contributed by atoms with van der Waals surface area (Å²) in [5.74, 6) is 0. The molecule has 0 unspecified atom stereocenters. The van der Waals surface area contributed by atoms with Crippen LogP contribution in [0.3, 0.4) is 0 Å². The minimum Gasteiger partial charge on any atom is -0.398 e. The van der Waals surface area contributed by atoms with Gasteiger partial charge in [0.1, 0.15) is 0 Å². The average molecular weight is 267 g/mol. The van der Waals surface area contributed by atoms with Crippen LogP contribution in [0.4, 0.5) is 5.69 Å². The van der Waals surface area contributed by atoms with Crippen molar-refractivity contribution < 1.29 is 0 Å². The topological polar surface area (TPSA) is 41.8 Å². The second kappa shape index (κ2) is 3.27. The number of halogens is 1. The zero-order valence-corrected chi connectivity index (χ0v) is 10.8. The molecule has 1 aromatic heterocycles. The molecule has 0 aliphatic carbocycles. The van der Waals surface area contributed by atoms with Gasteiger partial charge in [0.15, 0.2) is 0 Å². The number of anilines is 1. The van der Waals surface area contributed by atoms with Crippen LogP contribution >= 0.6 is 15.9 Å². The van der Waals surface area contributed by atoms with E-state index in [1.165, 1.54) is 11.1 Å². The van der Waals surface area contributed by atoms with Gasteiger partial charge in [0, 0.05) is 32.2 Å². The first-order valence-corrected chi connectivity index (χ1v) is 5.75. The van der Waals surface area contributed by atoms with Crippen molar-refractivity contribution in [3.05, 3.63) is 28.4 Å². The van der Waals surface area contributed by atoms with Crippen LogP contribution in [0, 0.1) is 0 Å². The van der Waals surface area contributed by atoms with Gasteiger partial charge >= 0.3 is 0 Å². The molecule has 0 spiro atoms. The van der Waals surface area contributed by atoms with Crippen molar-refractivity contribution in [2.75, 3.05) is 5.73 Å². The summed E-state index contributed by atoms with van der Waals surface area (Å²) < 4.78 is 0.942. The normalized spacial score (nSPS) is 12.3. The Balaban J connectivity index is 2.66. The minimum atomic E-state index is 0.139. The van der Waals surface area contributed by atoms with E-state index in [1.54, 1.807) is 0 Å². The molecule has 0 aliphatic heterocycles. The first kappa shape index (κ1) is 10.6. The maximum absolute atomic E-state index is 5.84. The monoisotopic (exact) mass is 266 g/mol. The van der Waals surface area contributed by atoms with E-state index in [1.807, 2.05) is 12.1 Å². The molecule has 0 aliphatic rings. The SMILES string of the molecule is CC(C)(C)c1cc2cc(N)c(Br)cc2[nH]1. The van der Waals surface area contributed by atoms with Gasteiger partial charge in [-0.1, -0.05) is 20.8 Å². The zero-order chi connectivity index (χ0) is 11.2. The molecule has 1 aromatic carbocycles. The van der Waals surface area contributed by atoms with Gasteiger partial charge in [0.05, 0.1) is 0 Å². The lowest BCUT2D eigenvalue weighted by molar-refractivity contribution is 0.574. The van der Waals surface area contributed by atoms with Gasteiger partial charge in [-0.25, -0.2) is 0 Å². The third kappa shape index (κ3) is 1.88. The largest absolute Gasteiger partial charge is 0.398 e. The Hall–Kier alpha value is -0.960. The maximum Gasteiger partial charge on any atom is 0.0469 e. The Labute approximate surface area is 98.0 Å². The van der Waals surface area contributed by atoms with Crippen molar-refractivity contribution in [2.24, 2.45) is 0 Å². The summed E-state index contributed by atoms with van der Waals surface area (Å²) in [5, 5.41) is 1.17. The second-order valence-corrected chi connectivity index (χ2v) is 5.75. The number of nitrogens with two attached hydrogens (primary N) is 1. The molecule has 0 saturated carbocycles. The molecule has 0 radical (unpaired) electrons. The summed E-state index contributed by atoms with van der Waals surface area (Å²) in [6.45, 7) is 6.57. The number of benzene rings is 1. The maximum atomic E-state index is 5.84. The Morgan fingerprint density at radius 3 is 2.47 bits per heavy atom. The van der Waals surface area contributed by atoms with Crippen molar-refractivity contribution in [3.8, 4) is 0 Å². The van der Waals surface area contributed by atoms with E-state index in [0.717, 1.165) is 15.7 Å². The van der Waals surface area contributed by atoms with Crippen molar-refractivity contribution in [2.45, 2.75) is 26.2 Å². The number of hydrogen-bond donors (Lipinski definition) is 2. The van der Waals surface area contributed by atoms with E-state index in [-0.39, 0.29) is 5.41 Å². The standard InChI is InChI=1S/C12H15BrN2/c1-12(2,3)11-5-7-4-9(14)8(13)6-10(7)15-11/h4-6,15H,14H2,1-3H3. The van der Waals surface area contributed by atoms with Crippen LogP contribution < -0.4 is 5.73 Å². The van der Waals surface area contributed by atoms with Crippen molar-refractivity contribution in [1.29, 1.82) is 0 Å². The first-order chi connectivity index (χ1) is 6.88. The quantitative estimate of drug-likeness (QED) is 0.700. The predicted octanol–water partition coefficient (Wildman–Crippen LogP) is 3.81. The molecule has 0 atom stereocenters. The molecule has 0 amide bonds. The molecule has 0 bridgehead atoms. The van der Waals surface area contributed by atoms with E-state index >= 15 is 0 Å². The Bertz CT molecular complexity index is 467. The number of fused-ring (bicyclic) bond motifs is 1.